The number of nitrogens with one attached hydrogen (secondary N) is 1. The Bertz CT molecular complexity index is 1680. The second-order valence-corrected chi connectivity index (χ2v) is 12.4. The number of nitrogens with zero attached hydrogens (tertiary/aromatic N) is 2. The Balaban J connectivity index is 1.46. The van der Waals surface area contributed by atoms with Crippen molar-refractivity contribution in [2.24, 2.45) is 0 Å². The number of aromatic nitrogens is 1. The molecule has 1 atom stereocenters. The molecule has 8 nitrogen and oxygen atoms in total. The van der Waals surface area contributed by atoms with Gasteiger partial charge >= 0.3 is 4.87 Å². The first-order valence-electron chi connectivity index (χ1n) is 11.6. The van der Waals surface area contributed by atoms with Gasteiger partial charge in [0.15, 0.2) is 6.10 Å². The Morgan fingerprint density at radius 1 is 1.11 bits per heavy atom. The minimum atomic E-state index is -4.01. The summed E-state index contributed by atoms with van der Waals surface area (Å²) < 4.78 is 36.7. The monoisotopic (exact) mass is 557 g/mol. The number of halogens is 1. The summed E-state index contributed by atoms with van der Waals surface area (Å²) in [4.78, 5) is 25.7. The van der Waals surface area contributed by atoms with Gasteiger partial charge in [-0.05, 0) is 69.3 Å². The van der Waals surface area contributed by atoms with Gasteiger partial charge in [0.2, 0.25) is 0 Å². The topological polar surface area (TPSA) is 97.7 Å². The molecule has 0 bridgehead atoms. The first-order chi connectivity index (χ1) is 17.5. The van der Waals surface area contributed by atoms with Crippen molar-refractivity contribution in [1.29, 1.82) is 0 Å². The van der Waals surface area contributed by atoms with E-state index in [1.807, 2.05) is 20.8 Å². The van der Waals surface area contributed by atoms with Gasteiger partial charge in [-0.25, -0.2) is 8.42 Å². The van der Waals surface area contributed by atoms with E-state index in [1.165, 1.54) is 18.2 Å². The fraction of sp³-hybridized carbons (Fsp3) is 0.231. The number of ether oxygens (including phenoxy) is 1. The summed E-state index contributed by atoms with van der Waals surface area (Å²) in [5.41, 5.74) is 2.46. The van der Waals surface area contributed by atoms with Crippen LogP contribution in [-0.2, 0) is 14.8 Å². The van der Waals surface area contributed by atoms with Gasteiger partial charge in [0.25, 0.3) is 15.9 Å². The molecule has 0 radical (unpaired) electrons. The summed E-state index contributed by atoms with van der Waals surface area (Å²) in [7, 11) is -4.01. The summed E-state index contributed by atoms with van der Waals surface area (Å²) in [5, 5.41) is 3.15. The molecule has 0 saturated carbocycles. The van der Waals surface area contributed by atoms with Crippen LogP contribution in [0.3, 0.4) is 0 Å². The highest BCUT2D eigenvalue weighted by Gasteiger charge is 2.38. The van der Waals surface area contributed by atoms with Gasteiger partial charge in [0.05, 0.1) is 27.3 Å². The molecule has 3 aromatic carbocycles. The number of carbonyl (C=O) groups is 1. The highest BCUT2D eigenvalue weighted by molar-refractivity contribution is 7.92. The fourth-order valence-corrected chi connectivity index (χ4v) is 6.94. The van der Waals surface area contributed by atoms with Crippen molar-refractivity contribution < 1.29 is 17.9 Å². The van der Waals surface area contributed by atoms with Crippen molar-refractivity contribution in [1.82, 2.24) is 4.57 Å². The van der Waals surface area contributed by atoms with Crippen molar-refractivity contribution in [2.45, 2.75) is 37.8 Å². The summed E-state index contributed by atoms with van der Waals surface area (Å²) in [5.74, 6) is -0.283. The number of anilines is 2. The standard InChI is InChI=1S/C26H24ClN3O5S2/c1-15(2)30-20-10-7-18(13-24(20)36-26(30)32)28-25(31)23-14-29(21-12-17(27)6-11-22(21)35-23)37(33,34)19-8-4-16(3)5-9-19/h4-13,15,23H,14H2,1-3H3,(H,28,31)/t23-/m1/s1. The van der Waals surface area contributed by atoms with Gasteiger partial charge in [0, 0.05) is 16.8 Å². The number of fused-ring (bicyclic) bond motifs is 2. The Morgan fingerprint density at radius 2 is 1.84 bits per heavy atom. The summed E-state index contributed by atoms with van der Waals surface area (Å²) in [6, 6.07) is 16.4. The number of carbonyl (C=O) groups excluding carboxylic acids is 1. The molecule has 1 aliphatic rings. The molecule has 0 fully saturated rings. The van der Waals surface area contributed by atoms with Gasteiger partial charge in [-0.15, -0.1) is 0 Å². The van der Waals surface area contributed by atoms with E-state index in [2.05, 4.69) is 5.32 Å². The van der Waals surface area contributed by atoms with Crippen LogP contribution in [0.15, 0.2) is 70.4 Å². The van der Waals surface area contributed by atoms with Gasteiger partial charge in [-0.1, -0.05) is 40.6 Å². The molecule has 4 aromatic rings. The van der Waals surface area contributed by atoms with Crippen LogP contribution in [0.2, 0.25) is 5.02 Å². The van der Waals surface area contributed by atoms with Gasteiger partial charge < -0.3 is 10.1 Å². The molecule has 1 N–H and O–H groups in total. The van der Waals surface area contributed by atoms with Crippen LogP contribution in [0.5, 0.6) is 5.75 Å². The third kappa shape index (κ3) is 4.72. The maximum atomic E-state index is 13.6. The lowest BCUT2D eigenvalue weighted by molar-refractivity contribution is -0.122. The molecule has 192 valence electrons. The van der Waals surface area contributed by atoms with E-state index >= 15 is 0 Å². The second kappa shape index (κ2) is 9.51. The Hall–Kier alpha value is -3.34. The SMILES string of the molecule is Cc1ccc(S(=O)(=O)N2C[C@H](C(=O)Nc3ccc4c(c3)sc(=O)n4C(C)C)Oc3ccc(Cl)cc32)cc1. The van der Waals surface area contributed by atoms with Crippen LogP contribution >= 0.6 is 22.9 Å². The van der Waals surface area contributed by atoms with E-state index in [9.17, 15) is 18.0 Å². The maximum Gasteiger partial charge on any atom is 0.308 e. The number of benzene rings is 3. The van der Waals surface area contributed by atoms with E-state index in [1.54, 1.807) is 47.0 Å². The second-order valence-electron chi connectivity index (χ2n) is 9.07. The average Bonchev–Trinajstić information content (AvgIpc) is 3.18. The number of thiazole rings is 1. The molecule has 0 aliphatic carbocycles. The first-order valence-corrected chi connectivity index (χ1v) is 14.2. The normalized spacial score (nSPS) is 15.5. The molecular formula is C26H24ClN3O5S2. The number of amides is 1. The van der Waals surface area contributed by atoms with E-state index in [0.717, 1.165) is 31.4 Å². The van der Waals surface area contributed by atoms with Crippen LogP contribution in [-0.4, -0.2) is 31.5 Å². The zero-order valence-electron chi connectivity index (χ0n) is 20.3. The number of rotatable bonds is 5. The first kappa shape index (κ1) is 25.3. The molecule has 0 saturated heterocycles. The molecule has 2 heterocycles. The largest absolute Gasteiger partial charge is 0.476 e. The van der Waals surface area contributed by atoms with Crippen LogP contribution < -0.4 is 19.2 Å². The van der Waals surface area contributed by atoms with E-state index < -0.39 is 22.0 Å². The molecule has 0 spiro atoms. The van der Waals surface area contributed by atoms with Crippen LogP contribution in [0.1, 0.15) is 25.5 Å². The van der Waals surface area contributed by atoms with Crippen LogP contribution in [0.4, 0.5) is 11.4 Å². The van der Waals surface area contributed by atoms with Crippen molar-refractivity contribution >= 4 is 60.5 Å². The third-order valence-corrected chi connectivity index (χ3v) is 9.04. The quantitative estimate of drug-likeness (QED) is 0.364. The van der Waals surface area contributed by atoms with Gasteiger partial charge in [0.1, 0.15) is 5.75 Å². The lowest BCUT2D eigenvalue weighted by atomic mass is 10.2. The molecule has 5 rings (SSSR count). The molecule has 11 heteroatoms. The third-order valence-electron chi connectivity index (χ3n) is 6.09. The van der Waals surface area contributed by atoms with Crippen molar-refractivity contribution in [3.63, 3.8) is 0 Å². The van der Waals surface area contributed by atoms with E-state index in [4.69, 9.17) is 16.3 Å². The summed E-state index contributed by atoms with van der Waals surface area (Å²) in [6.07, 6.45) is -1.12. The summed E-state index contributed by atoms with van der Waals surface area (Å²) >= 11 is 7.27. The smallest absolute Gasteiger partial charge is 0.308 e. The molecule has 1 aliphatic heterocycles. The van der Waals surface area contributed by atoms with E-state index in [-0.39, 0.29) is 33.8 Å². The zero-order valence-corrected chi connectivity index (χ0v) is 22.7. The highest BCUT2D eigenvalue weighted by atomic mass is 35.5. The molecule has 1 aromatic heterocycles. The fourth-order valence-electron chi connectivity index (χ4n) is 4.25. The van der Waals surface area contributed by atoms with Crippen LogP contribution in [0.25, 0.3) is 10.2 Å². The molecule has 1 amide bonds. The number of hydrogen-bond donors (Lipinski definition) is 1. The van der Waals surface area contributed by atoms with Gasteiger partial charge in [-0.2, -0.15) is 0 Å². The molecule has 0 unspecified atom stereocenters. The average molecular weight is 558 g/mol. The number of sulfonamides is 1. The summed E-state index contributed by atoms with van der Waals surface area (Å²) in [6.45, 7) is 5.50. The zero-order chi connectivity index (χ0) is 26.5. The predicted molar refractivity (Wildman–Crippen MR) is 147 cm³/mol. The number of hydrogen-bond acceptors (Lipinski definition) is 6. The molecular weight excluding hydrogens is 534 g/mol. The Kier molecular flexibility index (Phi) is 6.51. The van der Waals surface area contributed by atoms with Crippen LogP contribution in [0, 0.1) is 6.92 Å². The maximum absolute atomic E-state index is 13.6. The van der Waals surface area contributed by atoms with E-state index in [0.29, 0.717) is 10.7 Å². The highest BCUT2D eigenvalue weighted by Crippen LogP contribution is 2.39. The lowest BCUT2D eigenvalue weighted by Crippen LogP contribution is -2.48. The predicted octanol–water partition coefficient (Wildman–Crippen LogP) is 5.20. The minimum Gasteiger partial charge on any atom is -0.476 e. The lowest BCUT2D eigenvalue weighted by Gasteiger charge is -2.35. The molecule has 37 heavy (non-hydrogen) atoms. The number of aryl methyl sites for hydroxylation is 1. The van der Waals surface area contributed by atoms with Crippen molar-refractivity contribution in [2.75, 3.05) is 16.2 Å². The minimum absolute atomic E-state index is 0.00682. The Morgan fingerprint density at radius 3 is 2.54 bits per heavy atom. The Labute approximate surface area is 223 Å². The van der Waals surface area contributed by atoms with Crippen molar-refractivity contribution in [3.8, 4) is 5.75 Å². The van der Waals surface area contributed by atoms with Gasteiger partial charge in [-0.3, -0.25) is 18.5 Å². The van der Waals surface area contributed by atoms with Crippen molar-refractivity contribution in [3.05, 3.63) is 80.9 Å².